The van der Waals surface area contributed by atoms with E-state index in [-0.39, 0.29) is 23.7 Å². The normalized spacial score (nSPS) is 10.3. The average Bonchev–Trinajstić information content (AvgIpc) is 2.86. The number of Topliss-reactive ketones (excluding diaryl/α,β-unsaturated/α-hetero) is 2. The van der Waals surface area contributed by atoms with Gasteiger partial charge in [0.1, 0.15) is 5.69 Å². The van der Waals surface area contributed by atoms with Crippen molar-refractivity contribution >= 4 is 11.6 Å². The van der Waals surface area contributed by atoms with Gasteiger partial charge in [0.05, 0.1) is 12.7 Å². The van der Waals surface area contributed by atoms with Gasteiger partial charge in [0.25, 0.3) is 0 Å². The van der Waals surface area contributed by atoms with Gasteiger partial charge in [-0.1, -0.05) is 0 Å². The maximum Gasteiger partial charge on any atom is 0.205 e. The van der Waals surface area contributed by atoms with Gasteiger partial charge in [-0.2, -0.15) is 5.10 Å². The minimum atomic E-state index is -0.323. The van der Waals surface area contributed by atoms with Crippen LogP contribution >= 0.6 is 0 Å². The van der Waals surface area contributed by atoms with E-state index in [1.807, 2.05) is 0 Å². The molecular formula is C11H10N2O3. The second-order valence-electron chi connectivity index (χ2n) is 3.34. The lowest BCUT2D eigenvalue weighted by atomic mass is 10.1. The molecule has 0 aliphatic rings. The van der Waals surface area contributed by atoms with Crippen LogP contribution in [-0.2, 0) is 7.05 Å². The Morgan fingerprint density at radius 1 is 1.38 bits per heavy atom. The van der Waals surface area contributed by atoms with E-state index in [4.69, 9.17) is 4.42 Å². The van der Waals surface area contributed by atoms with Gasteiger partial charge in [0, 0.05) is 13.2 Å². The lowest BCUT2D eigenvalue weighted by Gasteiger charge is -1.99. The van der Waals surface area contributed by atoms with E-state index in [9.17, 15) is 9.59 Å². The van der Waals surface area contributed by atoms with Crippen LogP contribution in [-0.4, -0.2) is 21.3 Å². The third-order valence-corrected chi connectivity index (χ3v) is 2.22. The summed E-state index contributed by atoms with van der Waals surface area (Å²) in [6.07, 6.45) is 2.72. The number of nitrogens with zero attached hydrogens (tertiary/aromatic N) is 2. The monoisotopic (exact) mass is 218 g/mol. The summed E-state index contributed by atoms with van der Waals surface area (Å²) < 4.78 is 6.36. The Morgan fingerprint density at radius 2 is 2.19 bits per heavy atom. The number of carbonyl (C=O) groups excluding carboxylic acids is 2. The highest BCUT2D eigenvalue weighted by atomic mass is 16.3. The van der Waals surface area contributed by atoms with Crippen molar-refractivity contribution in [3.05, 3.63) is 42.1 Å². The van der Waals surface area contributed by atoms with E-state index in [0.717, 1.165) is 0 Å². The van der Waals surface area contributed by atoms with Crippen molar-refractivity contribution in [2.45, 2.75) is 6.42 Å². The SMILES string of the molecule is Cn1nccc1C(=O)CC(=O)c1ccco1. The summed E-state index contributed by atoms with van der Waals surface area (Å²) in [7, 11) is 1.66. The number of hydrogen-bond donors (Lipinski definition) is 0. The van der Waals surface area contributed by atoms with Gasteiger partial charge in [-0.05, 0) is 18.2 Å². The van der Waals surface area contributed by atoms with Crippen molar-refractivity contribution in [2.75, 3.05) is 0 Å². The topological polar surface area (TPSA) is 65.1 Å². The smallest absolute Gasteiger partial charge is 0.205 e. The number of ketones is 2. The molecule has 0 atom stereocenters. The minimum Gasteiger partial charge on any atom is -0.461 e. The molecular weight excluding hydrogens is 208 g/mol. The van der Waals surface area contributed by atoms with Crippen LogP contribution in [0.5, 0.6) is 0 Å². The lowest BCUT2D eigenvalue weighted by Crippen LogP contribution is -2.12. The number of carbonyl (C=O) groups is 2. The Balaban J connectivity index is 2.09. The molecule has 0 N–H and O–H groups in total. The molecule has 0 saturated heterocycles. The van der Waals surface area contributed by atoms with Crippen molar-refractivity contribution in [1.29, 1.82) is 0 Å². The summed E-state index contributed by atoms with van der Waals surface area (Å²) in [5.74, 6) is -0.381. The summed E-state index contributed by atoms with van der Waals surface area (Å²) in [6, 6.07) is 4.73. The second kappa shape index (κ2) is 4.14. The molecule has 82 valence electrons. The van der Waals surface area contributed by atoms with Crippen LogP contribution in [0.4, 0.5) is 0 Å². The van der Waals surface area contributed by atoms with Crippen LogP contribution in [0.15, 0.2) is 35.1 Å². The molecule has 0 aliphatic carbocycles. The van der Waals surface area contributed by atoms with Gasteiger partial charge in [-0.3, -0.25) is 14.3 Å². The standard InChI is InChI=1S/C11H10N2O3/c1-13-8(4-5-12-13)9(14)7-10(15)11-3-2-6-16-11/h2-6H,7H2,1H3. The van der Waals surface area contributed by atoms with E-state index in [0.29, 0.717) is 5.69 Å². The zero-order chi connectivity index (χ0) is 11.5. The Morgan fingerprint density at radius 3 is 2.75 bits per heavy atom. The van der Waals surface area contributed by atoms with E-state index < -0.39 is 0 Å². The zero-order valence-electron chi connectivity index (χ0n) is 8.71. The molecule has 5 nitrogen and oxygen atoms in total. The first-order chi connectivity index (χ1) is 7.68. The predicted octanol–water partition coefficient (Wildman–Crippen LogP) is 1.47. The first kappa shape index (κ1) is 10.4. The number of hydrogen-bond acceptors (Lipinski definition) is 4. The zero-order valence-corrected chi connectivity index (χ0v) is 8.71. The molecule has 0 unspecified atom stereocenters. The van der Waals surface area contributed by atoms with Gasteiger partial charge >= 0.3 is 0 Å². The summed E-state index contributed by atoms with van der Waals surface area (Å²) >= 11 is 0. The van der Waals surface area contributed by atoms with E-state index in [1.165, 1.54) is 17.1 Å². The molecule has 0 aromatic carbocycles. The quantitative estimate of drug-likeness (QED) is 0.575. The van der Waals surface area contributed by atoms with Crippen LogP contribution in [0.25, 0.3) is 0 Å². The van der Waals surface area contributed by atoms with Gasteiger partial charge in [-0.15, -0.1) is 0 Å². The highest BCUT2D eigenvalue weighted by Gasteiger charge is 2.17. The van der Waals surface area contributed by atoms with Gasteiger partial charge < -0.3 is 4.42 Å². The second-order valence-corrected chi connectivity index (χ2v) is 3.34. The molecule has 5 heteroatoms. The van der Waals surface area contributed by atoms with Crippen molar-refractivity contribution < 1.29 is 14.0 Å². The molecule has 0 amide bonds. The van der Waals surface area contributed by atoms with Crippen molar-refractivity contribution in [2.24, 2.45) is 7.05 Å². The molecule has 2 rings (SSSR count). The molecule has 0 spiro atoms. The van der Waals surface area contributed by atoms with Crippen molar-refractivity contribution in [3.8, 4) is 0 Å². The fourth-order valence-corrected chi connectivity index (χ4v) is 1.41. The average molecular weight is 218 g/mol. The van der Waals surface area contributed by atoms with Gasteiger partial charge in [0.2, 0.25) is 5.78 Å². The number of furan rings is 1. The number of aromatic nitrogens is 2. The molecule has 0 radical (unpaired) electrons. The van der Waals surface area contributed by atoms with Crippen LogP contribution in [0, 0.1) is 0 Å². The Labute approximate surface area is 91.7 Å². The first-order valence-corrected chi connectivity index (χ1v) is 4.76. The van der Waals surface area contributed by atoms with Gasteiger partial charge in [-0.25, -0.2) is 0 Å². The molecule has 2 heterocycles. The fourth-order valence-electron chi connectivity index (χ4n) is 1.41. The molecule has 2 aromatic heterocycles. The summed E-state index contributed by atoms with van der Waals surface area (Å²) in [6.45, 7) is 0. The highest BCUT2D eigenvalue weighted by Crippen LogP contribution is 2.08. The summed E-state index contributed by atoms with van der Waals surface area (Å²) in [4.78, 5) is 23.3. The summed E-state index contributed by atoms with van der Waals surface area (Å²) in [5, 5.41) is 3.87. The molecule has 0 saturated carbocycles. The first-order valence-electron chi connectivity index (χ1n) is 4.76. The Hall–Kier alpha value is -2.17. The van der Waals surface area contributed by atoms with E-state index in [2.05, 4.69) is 5.10 Å². The Kier molecular flexibility index (Phi) is 2.68. The lowest BCUT2D eigenvalue weighted by molar-refractivity contribution is 0.0873. The largest absolute Gasteiger partial charge is 0.461 e. The summed E-state index contributed by atoms with van der Waals surface area (Å²) in [5.41, 5.74) is 0.417. The highest BCUT2D eigenvalue weighted by molar-refractivity contribution is 6.11. The van der Waals surface area contributed by atoms with Crippen molar-refractivity contribution in [3.63, 3.8) is 0 Å². The molecule has 0 fully saturated rings. The van der Waals surface area contributed by atoms with E-state index in [1.54, 1.807) is 25.2 Å². The van der Waals surface area contributed by atoms with Gasteiger partial charge in [0.15, 0.2) is 11.5 Å². The van der Waals surface area contributed by atoms with Crippen molar-refractivity contribution in [1.82, 2.24) is 9.78 Å². The third-order valence-electron chi connectivity index (χ3n) is 2.22. The van der Waals surface area contributed by atoms with Crippen LogP contribution < -0.4 is 0 Å². The molecule has 0 bridgehead atoms. The van der Waals surface area contributed by atoms with Crippen LogP contribution in [0.1, 0.15) is 27.5 Å². The minimum absolute atomic E-state index is 0.201. The fraction of sp³-hybridized carbons (Fsp3) is 0.182. The Bertz CT molecular complexity index is 511. The molecule has 2 aromatic rings. The number of aryl methyl sites for hydroxylation is 1. The molecule has 16 heavy (non-hydrogen) atoms. The maximum atomic E-state index is 11.7. The predicted molar refractivity (Wildman–Crippen MR) is 55.2 cm³/mol. The number of rotatable bonds is 4. The van der Waals surface area contributed by atoms with Crippen LogP contribution in [0.3, 0.4) is 0 Å². The maximum absolute atomic E-state index is 11.7. The van der Waals surface area contributed by atoms with Crippen LogP contribution in [0.2, 0.25) is 0 Å². The van der Waals surface area contributed by atoms with E-state index >= 15 is 0 Å². The third kappa shape index (κ3) is 1.93. The molecule has 0 aliphatic heterocycles.